The lowest BCUT2D eigenvalue weighted by molar-refractivity contribution is 0.479. The topological polar surface area (TPSA) is 37.0 Å². The lowest BCUT2D eigenvalue weighted by Crippen LogP contribution is -2.38. The summed E-state index contributed by atoms with van der Waals surface area (Å²) in [4.78, 5) is 3.96. The number of aromatic nitrogens is 1. The number of pyridine rings is 1. The van der Waals surface area contributed by atoms with E-state index in [2.05, 4.69) is 15.6 Å². The molecule has 2 N–H and O–H groups in total. The van der Waals surface area contributed by atoms with Gasteiger partial charge in [-0.3, -0.25) is 0 Å². The lowest BCUT2D eigenvalue weighted by Gasteiger charge is -2.24. The first-order chi connectivity index (χ1) is 6.84. The number of anilines is 1. The predicted octanol–water partition coefficient (Wildman–Crippen LogP) is 1.38. The van der Waals surface area contributed by atoms with E-state index in [0.29, 0.717) is 6.04 Å². The van der Waals surface area contributed by atoms with E-state index in [1.807, 2.05) is 0 Å². The van der Waals surface area contributed by atoms with E-state index < -0.39 is 0 Å². The maximum Gasteiger partial charge on any atom is 0.141 e. The van der Waals surface area contributed by atoms with Gasteiger partial charge in [-0.1, -0.05) is 0 Å². The number of piperidine rings is 1. The third-order valence-electron chi connectivity index (χ3n) is 2.38. The first kappa shape index (κ1) is 9.40. The van der Waals surface area contributed by atoms with Gasteiger partial charge >= 0.3 is 0 Å². The van der Waals surface area contributed by atoms with Crippen LogP contribution >= 0.6 is 0 Å². The van der Waals surface area contributed by atoms with E-state index in [-0.39, 0.29) is 5.82 Å². The predicted molar refractivity (Wildman–Crippen MR) is 53.7 cm³/mol. The van der Waals surface area contributed by atoms with Crippen molar-refractivity contribution >= 4 is 5.82 Å². The maximum atomic E-state index is 12.6. The molecule has 76 valence electrons. The Labute approximate surface area is 82.7 Å². The third kappa shape index (κ3) is 2.42. The highest BCUT2D eigenvalue weighted by atomic mass is 19.1. The number of rotatable bonds is 2. The average molecular weight is 195 g/mol. The number of halogens is 1. The maximum absolute atomic E-state index is 12.6. The summed E-state index contributed by atoms with van der Waals surface area (Å²) in [6, 6.07) is 3.51. The number of hydrogen-bond donors (Lipinski definition) is 2. The van der Waals surface area contributed by atoms with Crippen molar-refractivity contribution in [1.82, 2.24) is 10.3 Å². The molecule has 0 bridgehead atoms. The summed E-state index contributed by atoms with van der Waals surface area (Å²) >= 11 is 0. The first-order valence-corrected chi connectivity index (χ1v) is 4.93. The van der Waals surface area contributed by atoms with Gasteiger partial charge in [0, 0.05) is 12.6 Å². The molecule has 1 unspecified atom stereocenters. The van der Waals surface area contributed by atoms with E-state index in [0.717, 1.165) is 25.3 Å². The second-order valence-electron chi connectivity index (χ2n) is 3.55. The summed E-state index contributed by atoms with van der Waals surface area (Å²) in [6.07, 6.45) is 3.56. The third-order valence-corrected chi connectivity index (χ3v) is 2.38. The van der Waals surface area contributed by atoms with Gasteiger partial charge in [0.05, 0.1) is 6.20 Å². The normalized spacial score (nSPS) is 21.9. The quantitative estimate of drug-likeness (QED) is 0.748. The summed E-state index contributed by atoms with van der Waals surface area (Å²) in [5.74, 6) is 0.456. The van der Waals surface area contributed by atoms with E-state index in [1.54, 1.807) is 6.07 Å². The second-order valence-corrected chi connectivity index (χ2v) is 3.55. The Morgan fingerprint density at radius 3 is 3.07 bits per heavy atom. The average Bonchev–Trinajstić information content (AvgIpc) is 2.23. The van der Waals surface area contributed by atoms with Crippen molar-refractivity contribution in [3.63, 3.8) is 0 Å². The Balaban J connectivity index is 1.92. The zero-order chi connectivity index (χ0) is 9.80. The Bertz CT molecular complexity index is 280. The summed E-state index contributed by atoms with van der Waals surface area (Å²) in [5, 5.41) is 6.57. The SMILES string of the molecule is Fc1ccc(NC2CCCNC2)nc1. The highest BCUT2D eigenvalue weighted by molar-refractivity contribution is 5.35. The highest BCUT2D eigenvalue weighted by Gasteiger charge is 2.12. The van der Waals surface area contributed by atoms with E-state index >= 15 is 0 Å². The fourth-order valence-corrected chi connectivity index (χ4v) is 1.65. The van der Waals surface area contributed by atoms with Crippen LogP contribution in [0, 0.1) is 5.82 Å². The summed E-state index contributed by atoms with van der Waals surface area (Å²) in [6.45, 7) is 2.05. The lowest BCUT2D eigenvalue weighted by atomic mass is 10.1. The van der Waals surface area contributed by atoms with Crippen molar-refractivity contribution in [3.8, 4) is 0 Å². The molecule has 0 spiro atoms. The molecule has 0 radical (unpaired) electrons. The van der Waals surface area contributed by atoms with Crippen LogP contribution in [0.2, 0.25) is 0 Å². The molecule has 1 fully saturated rings. The van der Waals surface area contributed by atoms with Crippen molar-refractivity contribution in [1.29, 1.82) is 0 Å². The minimum absolute atomic E-state index is 0.294. The van der Waals surface area contributed by atoms with Crippen LogP contribution in [0.4, 0.5) is 10.2 Å². The monoisotopic (exact) mass is 195 g/mol. The molecule has 2 heterocycles. The van der Waals surface area contributed by atoms with Crippen LogP contribution < -0.4 is 10.6 Å². The molecule has 0 saturated carbocycles. The van der Waals surface area contributed by atoms with Crippen LogP contribution in [0.3, 0.4) is 0 Å². The molecule has 14 heavy (non-hydrogen) atoms. The molecule has 0 amide bonds. The van der Waals surface area contributed by atoms with Crippen LogP contribution in [-0.2, 0) is 0 Å². The number of hydrogen-bond acceptors (Lipinski definition) is 3. The van der Waals surface area contributed by atoms with Crippen LogP contribution in [0.5, 0.6) is 0 Å². The highest BCUT2D eigenvalue weighted by Crippen LogP contribution is 2.09. The van der Waals surface area contributed by atoms with Gasteiger partial charge in [0.2, 0.25) is 0 Å². The molecular weight excluding hydrogens is 181 g/mol. The minimum atomic E-state index is -0.294. The van der Waals surface area contributed by atoms with Crippen molar-refractivity contribution in [3.05, 3.63) is 24.1 Å². The van der Waals surface area contributed by atoms with Crippen LogP contribution in [0.15, 0.2) is 18.3 Å². The zero-order valence-corrected chi connectivity index (χ0v) is 7.96. The van der Waals surface area contributed by atoms with E-state index in [9.17, 15) is 4.39 Å². The molecule has 1 aromatic rings. The summed E-state index contributed by atoms with van der Waals surface area (Å²) in [5.41, 5.74) is 0. The molecular formula is C10H14FN3. The summed E-state index contributed by atoms with van der Waals surface area (Å²) < 4.78 is 12.6. The zero-order valence-electron chi connectivity index (χ0n) is 7.96. The molecule has 0 aromatic carbocycles. The van der Waals surface area contributed by atoms with E-state index in [4.69, 9.17) is 0 Å². The van der Waals surface area contributed by atoms with E-state index in [1.165, 1.54) is 18.7 Å². The molecule has 1 saturated heterocycles. The Morgan fingerprint density at radius 2 is 2.43 bits per heavy atom. The Hall–Kier alpha value is -1.16. The standard InChI is InChI=1S/C10H14FN3/c11-8-3-4-10(13-6-8)14-9-2-1-5-12-7-9/h3-4,6,9,12H,1-2,5,7H2,(H,13,14). The summed E-state index contributed by atoms with van der Waals surface area (Å²) in [7, 11) is 0. The molecule has 1 aliphatic heterocycles. The van der Waals surface area contributed by atoms with Gasteiger partial charge in [-0.2, -0.15) is 0 Å². The molecule has 4 heteroatoms. The smallest absolute Gasteiger partial charge is 0.141 e. The first-order valence-electron chi connectivity index (χ1n) is 4.93. The van der Waals surface area contributed by atoms with Gasteiger partial charge in [-0.15, -0.1) is 0 Å². The molecule has 1 aromatic heterocycles. The van der Waals surface area contributed by atoms with Gasteiger partial charge < -0.3 is 10.6 Å². The number of nitrogens with zero attached hydrogens (tertiary/aromatic N) is 1. The largest absolute Gasteiger partial charge is 0.366 e. The molecule has 2 rings (SSSR count). The second kappa shape index (κ2) is 4.37. The van der Waals surface area contributed by atoms with Crippen molar-refractivity contribution in [2.45, 2.75) is 18.9 Å². The van der Waals surface area contributed by atoms with Crippen LogP contribution in [0.25, 0.3) is 0 Å². The molecule has 3 nitrogen and oxygen atoms in total. The van der Waals surface area contributed by atoms with Crippen LogP contribution in [-0.4, -0.2) is 24.1 Å². The van der Waals surface area contributed by atoms with Gasteiger partial charge in [0.15, 0.2) is 0 Å². The number of nitrogens with one attached hydrogen (secondary N) is 2. The van der Waals surface area contributed by atoms with Crippen molar-refractivity contribution < 1.29 is 4.39 Å². The fraction of sp³-hybridized carbons (Fsp3) is 0.500. The van der Waals surface area contributed by atoms with Crippen molar-refractivity contribution in [2.24, 2.45) is 0 Å². The van der Waals surface area contributed by atoms with Crippen molar-refractivity contribution in [2.75, 3.05) is 18.4 Å². The van der Waals surface area contributed by atoms with Gasteiger partial charge in [-0.25, -0.2) is 9.37 Å². The van der Waals surface area contributed by atoms with Crippen LogP contribution in [0.1, 0.15) is 12.8 Å². The van der Waals surface area contributed by atoms with Gasteiger partial charge in [0.25, 0.3) is 0 Å². The minimum Gasteiger partial charge on any atom is -0.366 e. The van der Waals surface area contributed by atoms with Gasteiger partial charge in [-0.05, 0) is 31.5 Å². The molecule has 0 aliphatic carbocycles. The molecule has 1 aliphatic rings. The molecule has 1 atom stereocenters. The Morgan fingerprint density at radius 1 is 1.50 bits per heavy atom. The fourth-order valence-electron chi connectivity index (χ4n) is 1.65. The Kier molecular flexibility index (Phi) is 2.93. The van der Waals surface area contributed by atoms with Gasteiger partial charge in [0.1, 0.15) is 11.6 Å².